The maximum Gasteiger partial charge on any atom is 0.317 e. The van der Waals surface area contributed by atoms with E-state index in [2.05, 4.69) is 24.4 Å². The van der Waals surface area contributed by atoms with Crippen LogP contribution in [0, 0.1) is 11.8 Å². The zero-order valence-corrected chi connectivity index (χ0v) is 14.1. The van der Waals surface area contributed by atoms with Crippen molar-refractivity contribution < 1.29 is 14.7 Å². The van der Waals surface area contributed by atoms with Gasteiger partial charge in [-0.25, -0.2) is 4.79 Å². The zero-order chi connectivity index (χ0) is 17.0. The van der Waals surface area contributed by atoms with E-state index in [9.17, 15) is 9.59 Å². The van der Waals surface area contributed by atoms with E-state index in [0.717, 1.165) is 19.3 Å². The van der Waals surface area contributed by atoms with Crippen LogP contribution >= 0.6 is 0 Å². The fourth-order valence-corrected chi connectivity index (χ4v) is 3.19. The third kappa shape index (κ3) is 4.24. The number of rotatable bonds is 4. The van der Waals surface area contributed by atoms with Crippen LogP contribution in [0.2, 0.25) is 0 Å². The Morgan fingerprint density at radius 2 is 2.09 bits per heavy atom. The molecule has 2 N–H and O–H groups in total. The molecule has 2 amide bonds. The predicted octanol–water partition coefficient (Wildman–Crippen LogP) is 3.06. The Labute approximate surface area is 137 Å². The minimum atomic E-state index is -0.891. The number of carbonyl (C=O) groups excluding carboxylic acids is 1. The van der Waals surface area contributed by atoms with Crippen LogP contribution in [0.25, 0.3) is 0 Å². The number of aliphatic carboxylic acids is 1. The van der Waals surface area contributed by atoms with E-state index >= 15 is 0 Å². The van der Waals surface area contributed by atoms with Gasteiger partial charge in [0.05, 0.1) is 12.0 Å². The molecule has 3 unspecified atom stereocenters. The lowest BCUT2D eigenvalue weighted by atomic mass is 9.92. The van der Waals surface area contributed by atoms with Crippen LogP contribution in [-0.4, -0.2) is 35.6 Å². The average Bonchev–Trinajstić information content (AvgIpc) is 2.67. The lowest BCUT2D eigenvalue weighted by molar-refractivity contribution is -0.141. The summed E-state index contributed by atoms with van der Waals surface area (Å²) in [5.74, 6) is -1.12. The van der Waals surface area contributed by atoms with E-state index in [0.29, 0.717) is 5.92 Å². The van der Waals surface area contributed by atoms with Crippen LogP contribution in [0.5, 0.6) is 0 Å². The van der Waals surface area contributed by atoms with Crippen LogP contribution in [0.3, 0.4) is 0 Å². The van der Waals surface area contributed by atoms with E-state index in [-0.39, 0.29) is 18.6 Å². The van der Waals surface area contributed by atoms with Gasteiger partial charge in [-0.05, 0) is 36.3 Å². The standard InChI is InChI=1S/C18H26N2O3/c1-12-7-6-9-14-8-4-5-10-15(14)16(12)19-18(23)20(3)11-13(2)17(21)22/h4-5,8,10,12-13,16H,6-7,9,11H2,1-3H3,(H,19,23)(H,21,22). The van der Waals surface area contributed by atoms with Gasteiger partial charge in [0.1, 0.15) is 0 Å². The molecule has 3 atom stereocenters. The molecule has 1 aromatic rings. The van der Waals surface area contributed by atoms with Crippen molar-refractivity contribution in [1.82, 2.24) is 10.2 Å². The number of benzene rings is 1. The van der Waals surface area contributed by atoms with Gasteiger partial charge in [-0.1, -0.05) is 38.1 Å². The molecule has 0 heterocycles. The van der Waals surface area contributed by atoms with E-state index in [1.165, 1.54) is 16.0 Å². The van der Waals surface area contributed by atoms with Gasteiger partial charge in [-0.2, -0.15) is 0 Å². The summed E-state index contributed by atoms with van der Waals surface area (Å²) in [6.45, 7) is 3.96. The number of hydrogen-bond donors (Lipinski definition) is 2. The van der Waals surface area contributed by atoms with Crippen molar-refractivity contribution in [2.75, 3.05) is 13.6 Å². The maximum absolute atomic E-state index is 12.5. The van der Waals surface area contributed by atoms with Gasteiger partial charge in [-0.3, -0.25) is 4.79 Å². The Balaban J connectivity index is 2.11. The maximum atomic E-state index is 12.5. The fourth-order valence-electron chi connectivity index (χ4n) is 3.19. The van der Waals surface area contributed by atoms with E-state index in [1.54, 1.807) is 14.0 Å². The molecule has 0 fully saturated rings. The monoisotopic (exact) mass is 318 g/mol. The molecule has 0 aliphatic heterocycles. The first-order valence-corrected chi connectivity index (χ1v) is 8.22. The van der Waals surface area contributed by atoms with Crippen LogP contribution in [0.15, 0.2) is 24.3 Å². The lowest BCUT2D eigenvalue weighted by Gasteiger charge is -2.28. The second-order valence-corrected chi connectivity index (χ2v) is 6.62. The molecular weight excluding hydrogens is 292 g/mol. The minimum absolute atomic E-state index is 0.0243. The van der Waals surface area contributed by atoms with Gasteiger partial charge < -0.3 is 15.3 Å². The third-order valence-electron chi connectivity index (χ3n) is 4.66. The lowest BCUT2D eigenvalue weighted by Crippen LogP contribution is -2.43. The number of urea groups is 1. The first kappa shape index (κ1) is 17.3. The highest BCUT2D eigenvalue weighted by molar-refractivity contribution is 5.76. The molecule has 0 aromatic heterocycles. The highest BCUT2D eigenvalue weighted by atomic mass is 16.4. The molecule has 5 nitrogen and oxygen atoms in total. The summed E-state index contributed by atoms with van der Waals surface area (Å²) in [5, 5.41) is 12.1. The van der Waals surface area contributed by atoms with Crippen molar-refractivity contribution in [3.8, 4) is 0 Å². The molecular formula is C18H26N2O3. The summed E-state index contributed by atoms with van der Waals surface area (Å²) in [5.41, 5.74) is 2.48. The van der Waals surface area contributed by atoms with Crippen molar-refractivity contribution in [3.63, 3.8) is 0 Å². The van der Waals surface area contributed by atoms with Gasteiger partial charge in [0.2, 0.25) is 0 Å². The summed E-state index contributed by atoms with van der Waals surface area (Å²) in [6.07, 6.45) is 3.23. The highest BCUT2D eigenvalue weighted by Gasteiger charge is 2.27. The molecule has 0 bridgehead atoms. The summed E-state index contributed by atoms with van der Waals surface area (Å²) < 4.78 is 0. The first-order valence-electron chi connectivity index (χ1n) is 8.22. The molecule has 0 saturated heterocycles. The Kier molecular flexibility index (Phi) is 5.64. The SMILES string of the molecule is CC(CN(C)C(=O)NC1c2ccccc2CCCC1C)C(=O)O. The Bertz CT molecular complexity index is 573. The van der Waals surface area contributed by atoms with Gasteiger partial charge in [0.15, 0.2) is 0 Å². The van der Waals surface area contributed by atoms with Crippen molar-refractivity contribution in [2.24, 2.45) is 11.8 Å². The van der Waals surface area contributed by atoms with Crippen LogP contribution in [-0.2, 0) is 11.2 Å². The van der Waals surface area contributed by atoms with Crippen molar-refractivity contribution in [1.29, 1.82) is 0 Å². The largest absolute Gasteiger partial charge is 0.481 e. The number of carboxylic acid groups (broad SMARTS) is 1. The van der Waals surface area contributed by atoms with E-state index < -0.39 is 11.9 Å². The fraction of sp³-hybridized carbons (Fsp3) is 0.556. The molecule has 23 heavy (non-hydrogen) atoms. The normalized spacial score (nSPS) is 21.7. The number of hydrogen-bond acceptors (Lipinski definition) is 2. The quantitative estimate of drug-likeness (QED) is 0.838. The number of aryl methyl sites for hydroxylation is 1. The third-order valence-corrected chi connectivity index (χ3v) is 4.66. The number of nitrogens with zero attached hydrogens (tertiary/aromatic N) is 1. The molecule has 0 spiro atoms. The van der Waals surface area contributed by atoms with Crippen LogP contribution in [0.4, 0.5) is 4.79 Å². The molecule has 1 aliphatic carbocycles. The molecule has 126 valence electrons. The molecule has 1 aliphatic rings. The molecule has 5 heteroatoms. The zero-order valence-electron chi connectivity index (χ0n) is 14.1. The molecule has 1 aromatic carbocycles. The smallest absolute Gasteiger partial charge is 0.317 e. The summed E-state index contributed by atoms with van der Waals surface area (Å²) in [6, 6.07) is 8.01. The minimum Gasteiger partial charge on any atom is -0.481 e. The van der Waals surface area contributed by atoms with Gasteiger partial charge in [0.25, 0.3) is 0 Å². The van der Waals surface area contributed by atoms with Gasteiger partial charge in [0, 0.05) is 13.6 Å². The summed E-state index contributed by atoms with van der Waals surface area (Å²) in [7, 11) is 1.64. The molecule has 0 radical (unpaired) electrons. The number of carboxylic acids is 1. The Hall–Kier alpha value is -2.04. The van der Waals surface area contributed by atoms with Gasteiger partial charge in [-0.15, -0.1) is 0 Å². The highest BCUT2D eigenvalue weighted by Crippen LogP contribution is 2.33. The first-order chi connectivity index (χ1) is 10.9. The summed E-state index contributed by atoms with van der Waals surface area (Å²) >= 11 is 0. The number of carbonyl (C=O) groups is 2. The number of nitrogens with one attached hydrogen (secondary N) is 1. The van der Waals surface area contributed by atoms with Gasteiger partial charge >= 0.3 is 12.0 Å². The van der Waals surface area contributed by atoms with Crippen LogP contribution in [0.1, 0.15) is 43.9 Å². The van der Waals surface area contributed by atoms with E-state index in [4.69, 9.17) is 5.11 Å². The van der Waals surface area contributed by atoms with Crippen LogP contribution < -0.4 is 5.32 Å². The number of fused-ring (bicyclic) bond motifs is 1. The second kappa shape index (κ2) is 7.49. The molecule has 0 saturated carbocycles. The topological polar surface area (TPSA) is 69.6 Å². The van der Waals surface area contributed by atoms with E-state index in [1.807, 2.05) is 12.1 Å². The summed E-state index contributed by atoms with van der Waals surface area (Å²) in [4.78, 5) is 24.9. The van der Waals surface area contributed by atoms with Crippen molar-refractivity contribution in [3.05, 3.63) is 35.4 Å². The average molecular weight is 318 g/mol. The predicted molar refractivity (Wildman–Crippen MR) is 89.2 cm³/mol. The Morgan fingerprint density at radius 3 is 2.78 bits per heavy atom. The number of amides is 2. The van der Waals surface area contributed by atoms with Crippen molar-refractivity contribution >= 4 is 12.0 Å². The van der Waals surface area contributed by atoms with Crippen molar-refractivity contribution in [2.45, 2.75) is 39.2 Å². The Morgan fingerprint density at radius 1 is 1.39 bits per heavy atom. The second-order valence-electron chi connectivity index (χ2n) is 6.62. The molecule has 2 rings (SSSR count).